The SMILES string of the molecule is CC(=O)C(c1ccccc1)C(N)(C(=O)C(F)(F)F)N1C(=O)C(C(C)C)N(C(=O)OCc2ccccc2)C=C1c1ccccc1. The summed E-state index contributed by atoms with van der Waals surface area (Å²) in [6.45, 7) is 4.05. The Bertz CT molecular complexity index is 1550. The molecule has 2 N–H and O–H groups in total. The summed E-state index contributed by atoms with van der Waals surface area (Å²) in [6, 6.07) is 22.4. The third kappa shape index (κ3) is 6.28. The summed E-state index contributed by atoms with van der Waals surface area (Å²) >= 11 is 0. The van der Waals surface area contributed by atoms with E-state index < -0.39 is 53.3 Å². The van der Waals surface area contributed by atoms with Gasteiger partial charge in [0, 0.05) is 6.20 Å². The number of nitrogens with zero attached hydrogens (tertiary/aromatic N) is 2. The van der Waals surface area contributed by atoms with E-state index in [1.165, 1.54) is 36.4 Å². The van der Waals surface area contributed by atoms with Gasteiger partial charge in [0.25, 0.3) is 11.7 Å². The van der Waals surface area contributed by atoms with Gasteiger partial charge in [0.05, 0.1) is 11.6 Å². The first-order valence-corrected chi connectivity index (χ1v) is 13.8. The predicted molar refractivity (Wildman–Crippen MR) is 156 cm³/mol. The molecule has 44 heavy (non-hydrogen) atoms. The van der Waals surface area contributed by atoms with Crippen molar-refractivity contribution in [2.45, 2.75) is 51.2 Å². The van der Waals surface area contributed by atoms with E-state index in [1.807, 2.05) is 0 Å². The third-order valence-corrected chi connectivity index (χ3v) is 7.36. The minimum absolute atomic E-state index is 0.00566. The normalized spacial score (nSPS) is 17.5. The average Bonchev–Trinajstić information content (AvgIpc) is 2.99. The molecule has 2 amide bonds. The zero-order chi connectivity index (χ0) is 32.2. The number of rotatable bonds is 9. The number of ether oxygens (including phenoxy) is 1. The molecule has 1 aliphatic heterocycles. The molecule has 0 saturated heterocycles. The van der Waals surface area contributed by atoms with E-state index >= 15 is 0 Å². The molecule has 8 nitrogen and oxygen atoms in total. The van der Waals surface area contributed by atoms with Gasteiger partial charge in [-0.2, -0.15) is 13.2 Å². The van der Waals surface area contributed by atoms with Crippen molar-refractivity contribution >= 4 is 29.3 Å². The summed E-state index contributed by atoms with van der Waals surface area (Å²) in [5.74, 6) is -7.05. The number of hydrogen-bond acceptors (Lipinski definition) is 6. The van der Waals surface area contributed by atoms with E-state index in [1.54, 1.807) is 68.4 Å². The fourth-order valence-electron chi connectivity index (χ4n) is 5.43. The number of ketones is 2. The lowest BCUT2D eigenvalue weighted by molar-refractivity contribution is -0.186. The molecule has 3 aromatic rings. The molecule has 0 saturated carbocycles. The van der Waals surface area contributed by atoms with Crippen LogP contribution >= 0.6 is 0 Å². The minimum atomic E-state index is -5.54. The lowest BCUT2D eigenvalue weighted by atomic mass is 9.77. The standard InChI is InChI=1S/C33H32F3N3O5/c1-21(2)28-29(41)39(32(37,30(42)33(34,35)36)27(22(3)40)25-17-11-6-12-18-25)26(24-15-9-5-10-16-24)19-38(28)31(43)44-20-23-13-7-4-8-14-23/h4-19,21,27-28H,20,37H2,1-3H3. The highest BCUT2D eigenvalue weighted by molar-refractivity contribution is 6.07. The van der Waals surface area contributed by atoms with Crippen LogP contribution in [0.15, 0.2) is 97.2 Å². The predicted octanol–water partition coefficient (Wildman–Crippen LogP) is 5.65. The van der Waals surface area contributed by atoms with Gasteiger partial charge in [-0.05, 0) is 29.5 Å². The first kappa shape index (κ1) is 32.2. The van der Waals surface area contributed by atoms with Crippen LogP contribution in [0.5, 0.6) is 0 Å². The molecule has 11 heteroatoms. The largest absolute Gasteiger partial charge is 0.454 e. The Labute approximate surface area is 252 Å². The number of carbonyl (C=O) groups excluding carboxylic acids is 4. The van der Waals surface area contributed by atoms with Crippen molar-refractivity contribution in [3.63, 3.8) is 0 Å². The number of alkyl halides is 3. The molecular formula is C33H32F3N3O5. The Balaban J connectivity index is 1.97. The van der Waals surface area contributed by atoms with Gasteiger partial charge in [-0.3, -0.25) is 24.2 Å². The number of benzene rings is 3. The fourth-order valence-corrected chi connectivity index (χ4v) is 5.43. The van der Waals surface area contributed by atoms with Crippen molar-refractivity contribution < 1.29 is 37.1 Å². The van der Waals surface area contributed by atoms with Crippen molar-refractivity contribution in [3.8, 4) is 0 Å². The molecule has 1 heterocycles. The molecule has 1 aliphatic rings. The van der Waals surface area contributed by atoms with Crippen molar-refractivity contribution in [2.75, 3.05) is 0 Å². The summed E-state index contributed by atoms with van der Waals surface area (Å²) in [6.07, 6.45) is -5.33. The number of amides is 2. The molecule has 3 unspecified atom stereocenters. The third-order valence-electron chi connectivity index (χ3n) is 7.36. The summed E-state index contributed by atoms with van der Waals surface area (Å²) in [4.78, 5) is 56.2. The average molecular weight is 608 g/mol. The number of hydrogen-bond donors (Lipinski definition) is 1. The monoisotopic (exact) mass is 607 g/mol. The number of Topliss-reactive ketones (excluding diaryl/α,β-unsaturated/α-hetero) is 2. The second kappa shape index (κ2) is 12.8. The zero-order valence-electron chi connectivity index (χ0n) is 24.3. The smallest absolute Gasteiger partial charge is 0.444 e. The van der Waals surface area contributed by atoms with Crippen molar-refractivity contribution in [3.05, 3.63) is 114 Å². The molecule has 0 spiro atoms. The number of carbonyl (C=O) groups is 4. The molecule has 4 rings (SSSR count). The van der Waals surface area contributed by atoms with Crippen molar-refractivity contribution in [1.29, 1.82) is 0 Å². The molecule has 230 valence electrons. The quantitative estimate of drug-likeness (QED) is 0.337. The molecule has 0 radical (unpaired) electrons. The van der Waals surface area contributed by atoms with Crippen LogP contribution in [0.2, 0.25) is 0 Å². The number of nitrogens with two attached hydrogens (primary N) is 1. The van der Waals surface area contributed by atoms with Crippen LogP contribution in [0.25, 0.3) is 5.70 Å². The van der Waals surface area contributed by atoms with Gasteiger partial charge >= 0.3 is 12.3 Å². The van der Waals surface area contributed by atoms with E-state index in [4.69, 9.17) is 10.5 Å². The van der Waals surface area contributed by atoms with Gasteiger partial charge in [-0.25, -0.2) is 4.79 Å². The molecule has 3 aromatic carbocycles. The second-order valence-corrected chi connectivity index (χ2v) is 10.8. The molecule has 0 aromatic heterocycles. The maximum absolute atomic E-state index is 14.5. The highest BCUT2D eigenvalue weighted by atomic mass is 19.4. The highest BCUT2D eigenvalue weighted by Gasteiger charge is 2.63. The highest BCUT2D eigenvalue weighted by Crippen LogP contribution is 2.43. The van der Waals surface area contributed by atoms with Crippen molar-refractivity contribution in [1.82, 2.24) is 9.80 Å². The maximum atomic E-state index is 14.5. The summed E-state index contributed by atoms with van der Waals surface area (Å²) < 4.78 is 48.8. The Morgan fingerprint density at radius 3 is 1.91 bits per heavy atom. The van der Waals surface area contributed by atoms with E-state index in [0.29, 0.717) is 10.5 Å². The minimum Gasteiger partial charge on any atom is -0.444 e. The van der Waals surface area contributed by atoms with Crippen LogP contribution < -0.4 is 5.73 Å². The molecular weight excluding hydrogens is 575 g/mol. The Morgan fingerprint density at radius 2 is 1.41 bits per heavy atom. The van der Waals surface area contributed by atoms with Crippen LogP contribution in [0.3, 0.4) is 0 Å². The first-order chi connectivity index (χ1) is 20.8. The van der Waals surface area contributed by atoms with E-state index in [-0.39, 0.29) is 23.4 Å². The molecule has 0 fully saturated rings. The molecule has 3 atom stereocenters. The van der Waals surface area contributed by atoms with Gasteiger partial charge in [0.2, 0.25) is 0 Å². The fraction of sp³-hybridized carbons (Fsp3) is 0.273. The van der Waals surface area contributed by atoms with Gasteiger partial charge < -0.3 is 10.5 Å². The maximum Gasteiger partial charge on any atom is 0.454 e. The molecule has 0 bridgehead atoms. The van der Waals surface area contributed by atoms with E-state index in [0.717, 1.165) is 18.0 Å². The topological polar surface area (TPSA) is 110 Å². The van der Waals surface area contributed by atoms with Crippen LogP contribution in [0.4, 0.5) is 18.0 Å². The summed E-state index contributed by atoms with van der Waals surface area (Å²) in [5, 5.41) is 0. The Kier molecular flexibility index (Phi) is 9.39. The van der Waals surface area contributed by atoms with E-state index in [2.05, 4.69) is 0 Å². The summed E-state index contributed by atoms with van der Waals surface area (Å²) in [5.41, 5.74) is 3.85. The second-order valence-electron chi connectivity index (χ2n) is 10.8. The Morgan fingerprint density at radius 1 is 0.886 bits per heavy atom. The first-order valence-electron chi connectivity index (χ1n) is 13.8. The Hall–Kier alpha value is -4.77. The van der Waals surface area contributed by atoms with Gasteiger partial charge in [-0.1, -0.05) is 105 Å². The van der Waals surface area contributed by atoms with Crippen molar-refractivity contribution in [2.24, 2.45) is 11.7 Å². The van der Waals surface area contributed by atoms with Crippen LogP contribution in [0, 0.1) is 5.92 Å². The number of halogens is 3. The zero-order valence-corrected chi connectivity index (χ0v) is 24.3. The van der Waals surface area contributed by atoms with Gasteiger partial charge in [0.15, 0.2) is 5.66 Å². The lowest BCUT2D eigenvalue weighted by Gasteiger charge is -2.50. The summed E-state index contributed by atoms with van der Waals surface area (Å²) in [7, 11) is 0. The van der Waals surface area contributed by atoms with Crippen LogP contribution in [-0.4, -0.2) is 51.2 Å². The molecule has 0 aliphatic carbocycles. The van der Waals surface area contributed by atoms with E-state index in [9.17, 15) is 32.3 Å². The van der Waals surface area contributed by atoms with Gasteiger partial charge in [-0.15, -0.1) is 0 Å². The van der Waals surface area contributed by atoms with Gasteiger partial charge in [0.1, 0.15) is 18.4 Å². The lowest BCUT2D eigenvalue weighted by Crippen LogP contribution is -2.73. The van der Waals surface area contributed by atoms with Crippen LogP contribution in [-0.2, 0) is 25.7 Å². The van der Waals surface area contributed by atoms with Crippen LogP contribution in [0.1, 0.15) is 43.4 Å².